The van der Waals surface area contributed by atoms with Gasteiger partial charge < -0.3 is 9.84 Å². The number of rotatable bonds is 3. The molecule has 2 aromatic carbocycles. The molecule has 6 heteroatoms. The molecule has 1 N–H and O–H groups in total. The van der Waals surface area contributed by atoms with Crippen molar-refractivity contribution < 1.29 is 9.84 Å². The van der Waals surface area contributed by atoms with Crippen LogP contribution in [-0.4, -0.2) is 29.1 Å². The van der Waals surface area contributed by atoms with E-state index >= 15 is 0 Å². The van der Waals surface area contributed by atoms with Gasteiger partial charge in [-0.05, 0) is 11.1 Å². The maximum absolute atomic E-state index is 12.2. The number of nitrogens with zero attached hydrogens (tertiary/aromatic N) is 3. The van der Waals surface area contributed by atoms with Crippen LogP contribution in [0.2, 0.25) is 0 Å². The highest BCUT2D eigenvalue weighted by molar-refractivity contribution is 5.80. The van der Waals surface area contributed by atoms with Gasteiger partial charge in [-0.3, -0.25) is 19.5 Å². The molecule has 5 rings (SSSR count). The van der Waals surface area contributed by atoms with Crippen LogP contribution < -0.4 is 10.4 Å². The molecule has 0 bridgehead atoms. The van der Waals surface area contributed by atoms with Crippen molar-refractivity contribution >= 4 is 11.9 Å². The molecule has 144 valence electrons. The first-order chi connectivity index (χ1) is 14.2. The Balaban J connectivity index is 1.75. The molecule has 0 atom stereocenters. The first kappa shape index (κ1) is 17.3. The largest absolute Gasteiger partial charge is 0.503 e. The number of ether oxygens (including phenoxy) is 1. The fourth-order valence-corrected chi connectivity index (χ4v) is 3.92. The normalized spacial score (nSPS) is 15.1. The molecule has 1 aromatic heterocycles. The molecule has 6 nitrogen and oxygen atoms in total. The van der Waals surface area contributed by atoms with Gasteiger partial charge in [0, 0.05) is 18.5 Å². The summed E-state index contributed by atoms with van der Waals surface area (Å²) in [6, 6.07) is 21.5. The highest BCUT2D eigenvalue weighted by Crippen LogP contribution is 2.37. The van der Waals surface area contributed by atoms with Crippen LogP contribution in [-0.2, 0) is 4.74 Å². The van der Waals surface area contributed by atoms with E-state index in [2.05, 4.69) is 34.3 Å². The topological polar surface area (TPSA) is 67.1 Å². The molecule has 0 fully saturated rings. The van der Waals surface area contributed by atoms with Gasteiger partial charge in [0.05, 0.1) is 12.6 Å². The average Bonchev–Trinajstić information content (AvgIpc) is 2.78. The molecule has 2 aliphatic heterocycles. The van der Waals surface area contributed by atoms with Crippen LogP contribution in [0, 0.1) is 0 Å². The number of benzene rings is 2. The summed E-state index contributed by atoms with van der Waals surface area (Å²) in [5.41, 5.74) is 2.59. The number of hydrogen-bond donors (Lipinski definition) is 1. The SMILES string of the molecule is O=c1ccn2c(c1O)C1=C(CN2C(c2ccccc2)c2ccccc2)OCC=N1. The van der Waals surface area contributed by atoms with Gasteiger partial charge in [-0.1, -0.05) is 60.7 Å². The maximum Gasteiger partial charge on any atom is 0.224 e. The van der Waals surface area contributed by atoms with Gasteiger partial charge in [-0.2, -0.15) is 0 Å². The minimum atomic E-state index is -0.443. The van der Waals surface area contributed by atoms with E-state index in [-0.39, 0.29) is 11.8 Å². The molecular weight excluding hydrogens is 366 g/mol. The summed E-state index contributed by atoms with van der Waals surface area (Å²) in [4.78, 5) is 16.6. The Morgan fingerprint density at radius 1 is 0.966 bits per heavy atom. The molecule has 2 aliphatic rings. The molecule has 0 unspecified atom stereocenters. The second kappa shape index (κ2) is 6.98. The Morgan fingerprint density at radius 3 is 2.28 bits per heavy atom. The lowest BCUT2D eigenvalue weighted by Gasteiger charge is -2.41. The molecule has 29 heavy (non-hydrogen) atoms. The van der Waals surface area contributed by atoms with Crippen molar-refractivity contribution in [3.05, 3.63) is 106 Å². The Kier molecular flexibility index (Phi) is 4.17. The maximum atomic E-state index is 12.2. The average molecular weight is 385 g/mol. The number of aromatic nitrogens is 1. The molecule has 0 saturated carbocycles. The lowest BCUT2D eigenvalue weighted by molar-refractivity contribution is 0.242. The lowest BCUT2D eigenvalue weighted by Crippen LogP contribution is -2.45. The van der Waals surface area contributed by atoms with Crippen molar-refractivity contribution in [3.63, 3.8) is 0 Å². The van der Waals surface area contributed by atoms with Gasteiger partial charge in [0.1, 0.15) is 23.8 Å². The molecule has 0 amide bonds. The lowest BCUT2D eigenvalue weighted by atomic mass is 9.97. The molecule has 0 saturated heterocycles. The minimum Gasteiger partial charge on any atom is -0.503 e. The van der Waals surface area contributed by atoms with Gasteiger partial charge in [-0.15, -0.1) is 0 Å². The van der Waals surface area contributed by atoms with Crippen LogP contribution in [0.3, 0.4) is 0 Å². The molecule has 3 heterocycles. The van der Waals surface area contributed by atoms with Crippen molar-refractivity contribution in [1.82, 2.24) is 4.68 Å². The van der Waals surface area contributed by atoms with Gasteiger partial charge in [0.2, 0.25) is 5.43 Å². The Hall–Kier alpha value is -3.80. The third kappa shape index (κ3) is 2.89. The van der Waals surface area contributed by atoms with Crippen LogP contribution in [0.25, 0.3) is 5.70 Å². The molecule has 3 aromatic rings. The smallest absolute Gasteiger partial charge is 0.224 e. The van der Waals surface area contributed by atoms with Crippen LogP contribution in [0.15, 0.2) is 88.5 Å². The molecule has 0 spiro atoms. The van der Waals surface area contributed by atoms with Crippen molar-refractivity contribution in [1.29, 1.82) is 0 Å². The zero-order valence-corrected chi connectivity index (χ0v) is 15.6. The zero-order valence-electron chi connectivity index (χ0n) is 15.6. The van der Waals surface area contributed by atoms with E-state index in [0.29, 0.717) is 30.3 Å². The summed E-state index contributed by atoms with van der Waals surface area (Å²) < 4.78 is 7.66. The van der Waals surface area contributed by atoms with Crippen LogP contribution in [0.1, 0.15) is 22.9 Å². The molecular formula is C23H19N3O3. The van der Waals surface area contributed by atoms with Gasteiger partial charge in [0.25, 0.3) is 0 Å². The van der Waals surface area contributed by atoms with Crippen LogP contribution in [0.5, 0.6) is 5.75 Å². The number of pyridine rings is 1. The second-order valence-corrected chi connectivity index (χ2v) is 6.94. The predicted molar refractivity (Wildman–Crippen MR) is 112 cm³/mol. The van der Waals surface area contributed by atoms with Gasteiger partial charge in [0.15, 0.2) is 5.75 Å². The number of fused-ring (bicyclic) bond motifs is 2. The summed E-state index contributed by atoms with van der Waals surface area (Å²) in [6.45, 7) is 0.822. The van der Waals surface area contributed by atoms with E-state index in [0.717, 1.165) is 11.1 Å². The fraction of sp³-hybridized carbons (Fsp3) is 0.130. The number of aliphatic imine (C=N–C) groups is 1. The van der Waals surface area contributed by atoms with E-state index in [4.69, 9.17) is 4.74 Å². The minimum absolute atomic E-state index is 0.151. The monoisotopic (exact) mass is 385 g/mol. The molecule has 0 aliphatic carbocycles. The predicted octanol–water partition coefficient (Wildman–Crippen LogP) is 3.06. The van der Waals surface area contributed by atoms with E-state index < -0.39 is 5.43 Å². The van der Waals surface area contributed by atoms with Crippen molar-refractivity contribution in [2.24, 2.45) is 4.99 Å². The standard InChI is InChI=1S/C23H19N3O3/c27-18-11-13-25-22(23(18)28)20-19(29-14-12-24-20)15-26(25)21(16-7-3-1-4-8-16)17-9-5-2-6-10-17/h1-13,21,28H,14-15H2. The Labute approximate surface area is 167 Å². The summed E-state index contributed by atoms with van der Waals surface area (Å²) >= 11 is 0. The van der Waals surface area contributed by atoms with E-state index in [1.54, 1.807) is 12.4 Å². The summed E-state index contributed by atoms with van der Waals surface area (Å²) in [7, 11) is 0. The molecule has 0 radical (unpaired) electrons. The Morgan fingerprint density at radius 2 is 1.62 bits per heavy atom. The van der Waals surface area contributed by atoms with Crippen LogP contribution in [0.4, 0.5) is 0 Å². The third-order valence-corrected chi connectivity index (χ3v) is 5.21. The summed E-state index contributed by atoms with van der Waals surface area (Å²) in [5, 5.41) is 12.7. The van der Waals surface area contributed by atoms with Crippen molar-refractivity contribution in [2.75, 3.05) is 18.2 Å². The van der Waals surface area contributed by atoms with E-state index in [1.807, 2.05) is 41.1 Å². The van der Waals surface area contributed by atoms with Gasteiger partial charge >= 0.3 is 0 Å². The first-order valence-corrected chi connectivity index (χ1v) is 9.44. The third-order valence-electron chi connectivity index (χ3n) is 5.21. The first-order valence-electron chi connectivity index (χ1n) is 9.44. The number of aromatic hydroxyl groups is 1. The summed E-state index contributed by atoms with van der Waals surface area (Å²) in [6.07, 6.45) is 3.33. The second-order valence-electron chi connectivity index (χ2n) is 6.94. The van der Waals surface area contributed by atoms with E-state index in [1.165, 1.54) is 6.07 Å². The fourth-order valence-electron chi connectivity index (χ4n) is 3.92. The van der Waals surface area contributed by atoms with E-state index in [9.17, 15) is 9.90 Å². The quantitative estimate of drug-likeness (QED) is 0.753. The van der Waals surface area contributed by atoms with Crippen molar-refractivity contribution in [3.8, 4) is 5.75 Å². The highest BCUT2D eigenvalue weighted by atomic mass is 16.5. The highest BCUT2D eigenvalue weighted by Gasteiger charge is 2.34. The zero-order chi connectivity index (χ0) is 19.8. The summed E-state index contributed by atoms with van der Waals surface area (Å²) in [5.74, 6) is 0.317. The Bertz CT molecular complexity index is 1130. The number of hydrogen-bond acceptors (Lipinski definition) is 5. The van der Waals surface area contributed by atoms with Gasteiger partial charge in [-0.25, -0.2) is 0 Å². The van der Waals surface area contributed by atoms with Crippen LogP contribution >= 0.6 is 0 Å². The van der Waals surface area contributed by atoms with Crippen molar-refractivity contribution in [2.45, 2.75) is 6.04 Å².